The lowest BCUT2D eigenvalue weighted by molar-refractivity contribution is -0.138. The fourth-order valence-corrected chi connectivity index (χ4v) is 6.23. The second kappa shape index (κ2) is 12.9. The Labute approximate surface area is 266 Å². The van der Waals surface area contributed by atoms with Crippen LogP contribution in [-0.2, 0) is 25.2 Å². The average Bonchev–Trinajstić information content (AvgIpc) is 3.70. The molecule has 0 radical (unpaired) electrons. The SMILES string of the molecule is FC(F)(F)c1cccc(Cc2nc(-c3cncc(NNc4cncc(-c5csc(Cc6cccc(C(F)(F)F)c6)n5)c4)c3)cs2)c1. The first-order valence-electron chi connectivity index (χ1n) is 13.6. The van der Waals surface area contributed by atoms with Gasteiger partial charge in [-0.15, -0.1) is 22.7 Å². The van der Waals surface area contributed by atoms with Crippen molar-refractivity contribution in [2.75, 3.05) is 10.9 Å². The predicted molar refractivity (Wildman–Crippen MR) is 166 cm³/mol. The van der Waals surface area contributed by atoms with E-state index in [4.69, 9.17) is 0 Å². The zero-order chi connectivity index (χ0) is 32.3. The van der Waals surface area contributed by atoms with Crippen LogP contribution in [0.2, 0.25) is 0 Å². The molecule has 0 spiro atoms. The minimum Gasteiger partial charge on any atom is -0.299 e. The van der Waals surface area contributed by atoms with Crippen molar-refractivity contribution in [3.63, 3.8) is 0 Å². The molecule has 234 valence electrons. The largest absolute Gasteiger partial charge is 0.416 e. The fraction of sp³-hybridized carbons (Fsp3) is 0.125. The van der Waals surface area contributed by atoms with Crippen LogP contribution in [0.3, 0.4) is 0 Å². The molecule has 2 aromatic carbocycles. The second-order valence-electron chi connectivity index (χ2n) is 10.2. The topological polar surface area (TPSA) is 75.6 Å². The molecular formula is C32H22F6N6S2. The third-order valence-corrected chi connectivity index (χ3v) is 8.44. The Morgan fingerprint density at radius 3 is 1.41 bits per heavy atom. The number of pyridine rings is 2. The maximum Gasteiger partial charge on any atom is 0.416 e. The summed E-state index contributed by atoms with van der Waals surface area (Å²) in [5.41, 5.74) is 9.83. The molecule has 0 aliphatic heterocycles. The molecule has 6 aromatic rings. The van der Waals surface area contributed by atoms with E-state index >= 15 is 0 Å². The summed E-state index contributed by atoms with van der Waals surface area (Å²) in [6, 6.07) is 14.1. The van der Waals surface area contributed by atoms with Crippen LogP contribution in [0.1, 0.15) is 32.3 Å². The molecule has 2 N–H and O–H groups in total. The standard InChI is InChI=1S/C32H22F6N6S2/c33-31(34,35)23-5-1-3-19(7-23)9-29-41-27(17-45-29)21-11-25(15-39-13-21)43-44-26-12-22(14-40-16-26)28-18-46-30(42-28)10-20-4-2-6-24(8-20)32(36,37)38/h1-8,11-18,43-44H,9-10H2. The molecule has 0 atom stereocenters. The highest BCUT2D eigenvalue weighted by molar-refractivity contribution is 7.10. The van der Waals surface area contributed by atoms with E-state index in [0.717, 1.165) is 35.4 Å². The Morgan fingerprint density at radius 2 is 1.00 bits per heavy atom. The summed E-state index contributed by atoms with van der Waals surface area (Å²) in [5, 5.41) is 5.02. The van der Waals surface area contributed by atoms with E-state index in [1.807, 2.05) is 22.9 Å². The number of thiazole rings is 2. The number of nitrogens with one attached hydrogen (secondary N) is 2. The number of hydrazine groups is 1. The Kier molecular flexibility index (Phi) is 8.73. The number of hydrogen-bond donors (Lipinski definition) is 2. The van der Waals surface area contributed by atoms with Gasteiger partial charge in [-0.1, -0.05) is 36.4 Å². The molecule has 4 aromatic heterocycles. The molecule has 0 saturated heterocycles. The molecule has 0 unspecified atom stereocenters. The van der Waals surface area contributed by atoms with Crippen molar-refractivity contribution < 1.29 is 26.3 Å². The van der Waals surface area contributed by atoms with E-state index in [9.17, 15) is 26.3 Å². The highest BCUT2D eigenvalue weighted by atomic mass is 32.1. The van der Waals surface area contributed by atoms with E-state index < -0.39 is 23.5 Å². The number of rotatable bonds is 9. The van der Waals surface area contributed by atoms with E-state index in [2.05, 4.69) is 30.8 Å². The fourth-order valence-electron chi connectivity index (χ4n) is 4.55. The summed E-state index contributed by atoms with van der Waals surface area (Å²) in [6.07, 6.45) is -1.73. The second-order valence-corrected chi connectivity index (χ2v) is 12.1. The molecule has 46 heavy (non-hydrogen) atoms. The number of hydrogen-bond acceptors (Lipinski definition) is 8. The molecule has 6 rings (SSSR count). The molecular weight excluding hydrogens is 647 g/mol. The van der Waals surface area contributed by atoms with E-state index in [0.29, 0.717) is 43.9 Å². The van der Waals surface area contributed by atoms with Crippen LogP contribution in [0, 0.1) is 0 Å². The average molecular weight is 669 g/mol. The van der Waals surface area contributed by atoms with Crippen molar-refractivity contribution >= 4 is 34.0 Å². The number of alkyl halides is 6. The molecule has 0 aliphatic rings. The van der Waals surface area contributed by atoms with Gasteiger partial charge < -0.3 is 0 Å². The molecule has 6 nitrogen and oxygen atoms in total. The first kappa shape index (κ1) is 31.2. The normalized spacial score (nSPS) is 11.9. The van der Waals surface area contributed by atoms with Crippen molar-refractivity contribution in [2.45, 2.75) is 25.2 Å². The molecule has 0 saturated carbocycles. The smallest absolute Gasteiger partial charge is 0.299 e. The third-order valence-electron chi connectivity index (χ3n) is 6.74. The van der Waals surface area contributed by atoms with E-state index in [-0.39, 0.29) is 12.8 Å². The van der Waals surface area contributed by atoms with Gasteiger partial charge in [-0.25, -0.2) is 9.97 Å². The van der Waals surface area contributed by atoms with Crippen molar-refractivity contribution in [3.8, 4) is 22.5 Å². The minimum atomic E-state index is -4.41. The zero-order valence-electron chi connectivity index (χ0n) is 23.5. The van der Waals surface area contributed by atoms with Gasteiger partial charge >= 0.3 is 12.4 Å². The summed E-state index contributed by atoms with van der Waals surface area (Å²) in [5.74, 6) is 0. The lowest BCUT2D eigenvalue weighted by Gasteiger charge is -2.10. The quantitative estimate of drug-likeness (QED) is 0.118. The summed E-state index contributed by atoms with van der Waals surface area (Å²) in [7, 11) is 0. The van der Waals surface area contributed by atoms with Crippen LogP contribution < -0.4 is 10.9 Å². The third kappa shape index (κ3) is 7.69. The number of aromatic nitrogens is 4. The van der Waals surface area contributed by atoms with Crippen molar-refractivity contribution in [1.82, 2.24) is 19.9 Å². The van der Waals surface area contributed by atoms with Gasteiger partial charge in [-0.2, -0.15) is 26.3 Å². The van der Waals surface area contributed by atoms with Gasteiger partial charge in [0.05, 0.1) is 56.3 Å². The first-order chi connectivity index (χ1) is 22.0. The van der Waals surface area contributed by atoms with Gasteiger partial charge in [0.25, 0.3) is 0 Å². The maximum atomic E-state index is 13.1. The van der Waals surface area contributed by atoms with Crippen LogP contribution in [0.25, 0.3) is 22.5 Å². The van der Waals surface area contributed by atoms with Crippen LogP contribution in [0.5, 0.6) is 0 Å². The number of anilines is 2. The van der Waals surface area contributed by atoms with Crippen LogP contribution in [-0.4, -0.2) is 19.9 Å². The summed E-state index contributed by atoms with van der Waals surface area (Å²) >= 11 is 2.71. The van der Waals surface area contributed by atoms with Gasteiger partial charge in [0, 0.05) is 47.1 Å². The van der Waals surface area contributed by atoms with E-state index in [1.54, 1.807) is 36.9 Å². The van der Waals surface area contributed by atoms with Crippen LogP contribution in [0.4, 0.5) is 37.7 Å². The highest BCUT2D eigenvalue weighted by Crippen LogP contribution is 2.32. The zero-order valence-corrected chi connectivity index (χ0v) is 25.2. The highest BCUT2D eigenvalue weighted by Gasteiger charge is 2.31. The molecule has 0 aliphatic carbocycles. The Morgan fingerprint density at radius 1 is 0.565 bits per heavy atom. The summed E-state index contributed by atoms with van der Waals surface area (Å²) in [6.45, 7) is 0. The number of halogens is 6. The minimum absolute atomic E-state index is 0.274. The lowest BCUT2D eigenvalue weighted by Crippen LogP contribution is -2.09. The van der Waals surface area contributed by atoms with E-state index in [1.165, 1.54) is 34.8 Å². The lowest BCUT2D eigenvalue weighted by atomic mass is 10.1. The van der Waals surface area contributed by atoms with Crippen molar-refractivity contribution in [3.05, 3.63) is 128 Å². The number of nitrogens with zero attached hydrogens (tertiary/aromatic N) is 4. The Bertz CT molecular complexity index is 1830. The van der Waals surface area contributed by atoms with Gasteiger partial charge in [0.2, 0.25) is 0 Å². The van der Waals surface area contributed by atoms with Gasteiger partial charge in [-0.05, 0) is 35.4 Å². The van der Waals surface area contributed by atoms with Gasteiger partial charge in [0.15, 0.2) is 0 Å². The molecule has 0 amide bonds. The van der Waals surface area contributed by atoms with Gasteiger partial charge in [0.1, 0.15) is 0 Å². The monoisotopic (exact) mass is 668 g/mol. The van der Waals surface area contributed by atoms with Crippen molar-refractivity contribution in [1.29, 1.82) is 0 Å². The van der Waals surface area contributed by atoms with Crippen LogP contribution in [0.15, 0.2) is 96.2 Å². The molecule has 4 heterocycles. The Hall–Kier alpha value is -4.82. The molecule has 0 fully saturated rings. The summed E-state index contributed by atoms with van der Waals surface area (Å²) < 4.78 is 78.5. The first-order valence-corrected chi connectivity index (χ1v) is 15.4. The predicted octanol–water partition coefficient (Wildman–Crippen LogP) is 9.38. The molecule has 14 heteroatoms. The maximum absolute atomic E-state index is 13.1. The van der Waals surface area contributed by atoms with Gasteiger partial charge in [-0.3, -0.25) is 20.8 Å². The molecule has 0 bridgehead atoms. The number of benzene rings is 2. The van der Waals surface area contributed by atoms with Crippen LogP contribution >= 0.6 is 22.7 Å². The summed E-state index contributed by atoms with van der Waals surface area (Å²) in [4.78, 5) is 17.8. The van der Waals surface area contributed by atoms with Crippen molar-refractivity contribution in [2.24, 2.45) is 0 Å². The Balaban J connectivity index is 1.09.